The molecule has 0 fully saturated rings. The van der Waals surface area contributed by atoms with Crippen molar-refractivity contribution in [2.75, 3.05) is 13.2 Å². The van der Waals surface area contributed by atoms with Gasteiger partial charge in [0.05, 0.1) is 0 Å². The number of ether oxygens (including phenoxy) is 1. The number of benzene rings is 1. The van der Waals surface area contributed by atoms with Gasteiger partial charge in [-0.1, -0.05) is 50.6 Å². The maximum atomic E-state index is 12.1. The fraction of sp³-hybridized carbons (Fsp3) is 0.556. The standard InChI is InChI=1S/C18H27NO4/c1-4-6-12-23-14(3)16(20)19-13-18(5-2,17(21)22)15-10-8-7-9-11-15/h7-11,14H,4-6,12-13H2,1-3H3,(H,19,20)(H,21,22). The predicted molar refractivity (Wildman–Crippen MR) is 89.4 cm³/mol. The summed E-state index contributed by atoms with van der Waals surface area (Å²) in [5.41, 5.74) is -0.435. The van der Waals surface area contributed by atoms with Gasteiger partial charge in [0, 0.05) is 13.2 Å². The molecule has 23 heavy (non-hydrogen) atoms. The minimum atomic E-state index is -1.12. The van der Waals surface area contributed by atoms with Crippen molar-refractivity contribution >= 4 is 11.9 Å². The molecule has 2 atom stereocenters. The lowest BCUT2D eigenvalue weighted by molar-refractivity contribution is -0.144. The summed E-state index contributed by atoms with van der Waals surface area (Å²) in [5, 5.41) is 12.5. The Morgan fingerprint density at radius 3 is 2.43 bits per heavy atom. The molecule has 128 valence electrons. The van der Waals surface area contributed by atoms with Gasteiger partial charge in [0.25, 0.3) is 0 Å². The molecule has 0 bridgehead atoms. The lowest BCUT2D eigenvalue weighted by Gasteiger charge is -2.29. The number of nitrogens with one attached hydrogen (secondary N) is 1. The second-order valence-electron chi connectivity index (χ2n) is 5.69. The Morgan fingerprint density at radius 1 is 1.26 bits per heavy atom. The number of unbranched alkanes of at least 4 members (excludes halogenated alkanes) is 1. The monoisotopic (exact) mass is 321 g/mol. The number of carboxylic acids is 1. The Balaban J connectivity index is 2.76. The Hall–Kier alpha value is -1.88. The second-order valence-corrected chi connectivity index (χ2v) is 5.69. The van der Waals surface area contributed by atoms with Crippen LogP contribution in [0.25, 0.3) is 0 Å². The summed E-state index contributed by atoms with van der Waals surface area (Å²) in [7, 11) is 0. The van der Waals surface area contributed by atoms with Crippen LogP contribution in [0.2, 0.25) is 0 Å². The van der Waals surface area contributed by atoms with Gasteiger partial charge in [-0.15, -0.1) is 0 Å². The highest BCUT2D eigenvalue weighted by Crippen LogP contribution is 2.27. The van der Waals surface area contributed by atoms with Crippen LogP contribution < -0.4 is 5.32 Å². The molecule has 0 aliphatic heterocycles. The van der Waals surface area contributed by atoms with Crippen molar-refractivity contribution in [1.29, 1.82) is 0 Å². The highest BCUT2D eigenvalue weighted by atomic mass is 16.5. The van der Waals surface area contributed by atoms with E-state index in [1.807, 2.05) is 13.0 Å². The molecule has 1 aromatic rings. The number of hydrogen-bond donors (Lipinski definition) is 2. The molecule has 0 saturated carbocycles. The van der Waals surface area contributed by atoms with E-state index in [9.17, 15) is 14.7 Å². The number of rotatable bonds is 10. The maximum Gasteiger partial charge on any atom is 0.315 e. The van der Waals surface area contributed by atoms with Crippen LogP contribution in [-0.2, 0) is 19.7 Å². The van der Waals surface area contributed by atoms with Gasteiger partial charge in [-0.2, -0.15) is 0 Å². The van der Waals surface area contributed by atoms with Crippen molar-refractivity contribution in [3.05, 3.63) is 35.9 Å². The van der Waals surface area contributed by atoms with Crippen LogP contribution in [0, 0.1) is 0 Å². The average molecular weight is 321 g/mol. The Morgan fingerprint density at radius 2 is 1.91 bits per heavy atom. The first-order valence-corrected chi connectivity index (χ1v) is 8.16. The molecular formula is C18H27NO4. The molecule has 5 heteroatoms. The molecule has 1 amide bonds. The van der Waals surface area contributed by atoms with Crippen LogP contribution in [0.3, 0.4) is 0 Å². The topological polar surface area (TPSA) is 75.6 Å². The first-order chi connectivity index (χ1) is 11.0. The third-order valence-corrected chi connectivity index (χ3v) is 4.14. The van der Waals surface area contributed by atoms with E-state index < -0.39 is 17.5 Å². The van der Waals surface area contributed by atoms with Gasteiger partial charge in [-0.05, 0) is 25.3 Å². The quantitative estimate of drug-likeness (QED) is 0.650. The van der Waals surface area contributed by atoms with Crippen molar-refractivity contribution in [2.24, 2.45) is 0 Å². The summed E-state index contributed by atoms with van der Waals surface area (Å²) in [5.74, 6) is -1.22. The van der Waals surface area contributed by atoms with E-state index in [0.29, 0.717) is 18.6 Å². The highest BCUT2D eigenvalue weighted by Gasteiger charge is 2.39. The van der Waals surface area contributed by atoms with Crippen LogP contribution in [0.15, 0.2) is 30.3 Å². The zero-order valence-electron chi connectivity index (χ0n) is 14.2. The fourth-order valence-corrected chi connectivity index (χ4v) is 2.40. The van der Waals surface area contributed by atoms with Crippen LogP contribution in [0.1, 0.15) is 45.6 Å². The molecule has 0 aliphatic carbocycles. The lowest BCUT2D eigenvalue weighted by Crippen LogP contribution is -2.48. The highest BCUT2D eigenvalue weighted by molar-refractivity contribution is 5.84. The van der Waals surface area contributed by atoms with Crippen molar-refractivity contribution in [3.8, 4) is 0 Å². The Labute approximate surface area is 138 Å². The first kappa shape index (κ1) is 19.2. The van der Waals surface area contributed by atoms with E-state index in [2.05, 4.69) is 12.2 Å². The lowest BCUT2D eigenvalue weighted by atomic mass is 9.78. The van der Waals surface area contributed by atoms with E-state index in [1.54, 1.807) is 31.2 Å². The Kier molecular flexibility index (Phi) is 7.75. The zero-order chi connectivity index (χ0) is 17.3. The minimum absolute atomic E-state index is 0.0448. The number of aliphatic carboxylic acids is 1. The van der Waals surface area contributed by atoms with Crippen molar-refractivity contribution in [3.63, 3.8) is 0 Å². The molecule has 1 rings (SSSR count). The number of amides is 1. The van der Waals surface area contributed by atoms with E-state index in [4.69, 9.17) is 4.74 Å². The normalized spacial score (nSPS) is 14.7. The van der Waals surface area contributed by atoms with Crippen LogP contribution in [0.5, 0.6) is 0 Å². The third-order valence-electron chi connectivity index (χ3n) is 4.14. The summed E-state index contributed by atoms with van der Waals surface area (Å²) >= 11 is 0. The van der Waals surface area contributed by atoms with Gasteiger partial charge >= 0.3 is 5.97 Å². The molecule has 0 spiro atoms. The van der Waals surface area contributed by atoms with Gasteiger partial charge < -0.3 is 15.2 Å². The molecule has 1 aromatic carbocycles. The first-order valence-electron chi connectivity index (χ1n) is 8.16. The predicted octanol–water partition coefficient (Wildman–Crippen LogP) is 2.74. The molecule has 2 N–H and O–H groups in total. The smallest absolute Gasteiger partial charge is 0.315 e. The number of carboxylic acid groups (broad SMARTS) is 1. The maximum absolute atomic E-state index is 12.1. The zero-order valence-corrected chi connectivity index (χ0v) is 14.2. The van der Waals surface area contributed by atoms with Gasteiger partial charge in [-0.25, -0.2) is 0 Å². The molecule has 2 unspecified atom stereocenters. The molecule has 0 radical (unpaired) electrons. The largest absolute Gasteiger partial charge is 0.481 e. The molecule has 0 saturated heterocycles. The van der Waals surface area contributed by atoms with E-state index in [0.717, 1.165) is 12.8 Å². The molecular weight excluding hydrogens is 294 g/mol. The molecule has 5 nitrogen and oxygen atoms in total. The van der Waals surface area contributed by atoms with Gasteiger partial charge in [0.15, 0.2) is 0 Å². The minimum Gasteiger partial charge on any atom is -0.481 e. The number of hydrogen-bond acceptors (Lipinski definition) is 3. The Bertz CT molecular complexity index is 503. The summed E-state index contributed by atoms with van der Waals surface area (Å²) in [6.45, 7) is 6.12. The summed E-state index contributed by atoms with van der Waals surface area (Å²) in [6, 6.07) is 9.02. The van der Waals surface area contributed by atoms with Gasteiger partial charge in [0.2, 0.25) is 5.91 Å². The fourth-order valence-electron chi connectivity index (χ4n) is 2.40. The van der Waals surface area contributed by atoms with Crippen molar-refractivity contribution in [1.82, 2.24) is 5.32 Å². The second kappa shape index (κ2) is 9.30. The third kappa shape index (κ3) is 5.06. The average Bonchev–Trinajstić information content (AvgIpc) is 2.56. The summed E-state index contributed by atoms with van der Waals surface area (Å²) < 4.78 is 5.45. The van der Waals surface area contributed by atoms with Gasteiger partial charge in [0.1, 0.15) is 11.5 Å². The van der Waals surface area contributed by atoms with Crippen molar-refractivity contribution in [2.45, 2.75) is 51.6 Å². The number of carbonyl (C=O) groups is 2. The number of carbonyl (C=O) groups excluding carboxylic acids is 1. The van der Waals surface area contributed by atoms with Crippen LogP contribution in [0.4, 0.5) is 0 Å². The molecule has 0 heterocycles. The van der Waals surface area contributed by atoms with E-state index in [1.165, 1.54) is 0 Å². The van der Waals surface area contributed by atoms with Crippen LogP contribution >= 0.6 is 0 Å². The van der Waals surface area contributed by atoms with Crippen LogP contribution in [-0.4, -0.2) is 36.2 Å². The summed E-state index contributed by atoms with van der Waals surface area (Å²) in [4.78, 5) is 24.0. The summed E-state index contributed by atoms with van der Waals surface area (Å²) in [6.07, 6.45) is 1.70. The van der Waals surface area contributed by atoms with Gasteiger partial charge in [-0.3, -0.25) is 9.59 Å². The SMILES string of the molecule is CCCCOC(C)C(=O)NCC(CC)(C(=O)O)c1ccccc1. The van der Waals surface area contributed by atoms with Crippen molar-refractivity contribution < 1.29 is 19.4 Å². The molecule has 0 aliphatic rings. The molecule has 0 aromatic heterocycles. The van der Waals surface area contributed by atoms with E-state index >= 15 is 0 Å². The van der Waals surface area contributed by atoms with E-state index in [-0.39, 0.29) is 12.5 Å².